The highest BCUT2D eigenvalue weighted by molar-refractivity contribution is 5.76. The van der Waals surface area contributed by atoms with E-state index in [1.54, 1.807) is 6.07 Å². The van der Waals surface area contributed by atoms with Gasteiger partial charge in [0.25, 0.3) is 0 Å². The van der Waals surface area contributed by atoms with Gasteiger partial charge in [0.05, 0.1) is 6.10 Å². The van der Waals surface area contributed by atoms with Crippen LogP contribution in [-0.4, -0.2) is 18.6 Å². The Labute approximate surface area is 153 Å². The van der Waals surface area contributed by atoms with E-state index in [1.807, 2.05) is 6.92 Å². The molecule has 142 valence electrons. The van der Waals surface area contributed by atoms with E-state index in [9.17, 15) is 13.6 Å². The molecule has 3 aliphatic rings. The fraction of sp³-hybridized carbons (Fsp3) is 0.667. The zero-order valence-corrected chi connectivity index (χ0v) is 15.6. The number of benzene rings is 1. The highest BCUT2D eigenvalue weighted by Crippen LogP contribution is 2.70. The van der Waals surface area contributed by atoms with Gasteiger partial charge in [-0.2, -0.15) is 0 Å². The molecule has 26 heavy (non-hydrogen) atoms. The van der Waals surface area contributed by atoms with Crippen LogP contribution in [-0.2, 0) is 9.53 Å². The third-order valence-corrected chi connectivity index (χ3v) is 7.40. The van der Waals surface area contributed by atoms with Crippen molar-refractivity contribution in [3.05, 3.63) is 35.4 Å². The molecule has 4 rings (SSSR count). The van der Waals surface area contributed by atoms with Crippen molar-refractivity contribution in [3.63, 3.8) is 0 Å². The summed E-state index contributed by atoms with van der Waals surface area (Å²) < 4.78 is 33.2. The lowest BCUT2D eigenvalue weighted by molar-refractivity contribution is -0.137. The Kier molecular flexibility index (Phi) is 4.14. The Bertz CT molecular complexity index is 735. The van der Waals surface area contributed by atoms with Crippen LogP contribution in [0.25, 0.3) is 0 Å². The van der Waals surface area contributed by atoms with Crippen molar-refractivity contribution >= 4 is 5.91 Å². The zero-order chi connectivity index (χ0) is 18.7. The predicted octanol–water partition coefficient (Wildman–Crippen LogP) is 4.37. The number of amides is 1. The van der Waals surface area contributed by atoms with E-state index < -0.39 is 11.6 Å². The van der Waals surface area contributed by atoms with Crippen LogP contribution in [0.15, 0.2) is 18.2 Å². The van der Waals surface area contributed by atoms with Gasteiger partial charge in [-0.1, -0.05) is 26.8 Å². The standard InChI is InChI=1S/C21H27F2NO2/c1-4-17(25)24-19-20(2,3)13-10-14-18(26-8-7-21(14,19)11-13)12-5-6-15(22)16(23)9-12/h5-6,9,13-14,18-19H,4,7-8,10-11H2,1-3H3,(H,24,25)/t13-,14-,18-,19+,21?/m1/s1. The van der Waals surface area contributed by atoms with Crippen LogP contribution in [0, 0.1) is 34.3 Å². The van der Waals surface area contributed by atoms with Crippen molar-refractivity contribution in [1.82, 2.24) is 5.32 Å². The average Bonchev–Trinajstić information content (AvgIpc) is 3.10. The molecule has 0 aromatic heterocycles. The third-order valence-electron chi connectivity index (χ3n) is 7.40. The van der Waals surface area contributed by atoms with Crippen molar-refractivity contribution in [2.24, 2.45) is 22.7 Å². The van der Waals surface area contributed by atoms with Crippen LogP contribution < -0.4 is 5.32 Å². The minimum Gasteiger partial charge on any atom is -0.373 e. The molecule has 1 aliphatic heterocycles. The smallest absolute Gasteiger partial charge is 0.219 e. The quantitative estimate of drug-likeness (QED) is 0.866. The largest absolute Gasteiger partial charge is 0.373 e. The predicted molar refractivity (Wildman–Crippen MR) is 94.3 cm³/mol. The second-order valence-electron chi connectivity index (χ2n) is 8.87. The summed E-state index contributed by atoms with van der Waals surface area (Å²) in [6.45, 7) is 6.97. The lowest BCUT2D eigenvalue weighted by atomic mass is 9.59. The number of halogens is 2. The normalized spacial score (nSPS) is 37.4. The molecule has 5 heteroatoms. The van der Waals surface area contributed by atoms with Gasteiger partial charge in [0.1, 0.15) is 0 Å². The van der Waals surface area contributed by atoms with E-state index in [1.165, 1.54) is 12.1 Å². The molecule has 2 bridgehead atoms. The third kappa shape index (κ3) is 2.43. The minimum atomic E-state index is -0.832. The van der Waals surface area contributed by atoms with Gasteiger partial charge in [-0.3, -0.25) is 4.79 Å². The van der Waals surface area contributed by atoms with Gasteiger partial charge in [0.2, 0.25) is 5.91 Å². The first-order valence-corrected chi connectivity index (χ1v) is 9.65. The SMILES string of the molecule is CCC(=O)N[C@H]1C(C)(C)[C@@H]2C[C@@H]3[C@@H](c4ccc(F)c(F)c4)OCCC31C2. The fourth-order valence-corrected chi connectivity index (χ4v) is 6.07. The molecule has 1 saturated heterocycles. The molecular weight excluding hydrogens is 336 g/mol. The molecule has 2 aliphatic carbocycles. The van der Waals surface area contributed by atoms with Gasteiger partial charge in [0, 0.05) is 19.1 Å². The minimum absolute atomic E-state index is 0.0211. The van der Waals surface area contributed by atoms with Crippen LogP contribution in [0.1, 0.15) is 58.1 Å². The summed E-state index contributed by atoms with van der Waals surface area (Å²) in [5.74, 6) is -0.850. The highest BCUT2D eigenvalue weighted by atomic mass is 19.2. The molecule has 5 atom stereocenters. The second kappa shape index (κ2) is 6.01. The summed E-state index contributed by atoms with van der Waals surface area (Å²) in [6.07, 6.45) is 3.23. The lowest BCUT2D eigenvalue weighted by Crippen LogP contribution is -2.58. The fourth-order valence-electron chi connectivity index (χ4n) is 6.07. The molecule has 1 spiro atoms. The zero-order valence-electron chi connectivity index (χ0n) is 15.6. The summed E-state index contributed by atoms with van der Waals surface area (Å²) in [6, 6.07) is 4.19. The van der Waals surface area contributed by atoms with Crippen molar-refractivity contribution in [2.75, 3.05) is 6.61 Å². The molecule has 1 aromatic carbocycles. The Morgan fingerprint density at radius 2 is 2.08 bits per heavy atom. The number of fused-ring (bicyclic) bond motifs is 1. The monoisotopic (exact) mass is 363 g/mol. The van der Waals surface area contributed by atoms with Gasteiger partial charge >= 0.3 is 0 Å². The van der Waals surface area contributed by atoms with E-state index in [4.69, 9.17) is 4.74 Å². The summed E-state index contributed by atoms with van der Waals surface area (Å²) in [7, 11) is 0. The van der Waals surface area contributed by atoms with Crippen LogP contribution in [0.5, 0.6) is 0 Å². The molecule has 2 saturated carbocycles. The molecule has 1 heterocycles. The Balaban J connectivity index is 1.70. The van der Waals surface area contributed by atoms with Crippen molar-refractivity contribution in [1.29, 1.82) is 0 Å². The van der Waals surface area contributed by atoms with E-state index in [2.05, 4.69) is 19.2 Å². The molecule has 3 fully saturated rings. The number of rotatable bonds is 3. The highest BCUT2D eigenvalue weighted by Gasteiger charge is 2.68. The number of carbonyl (C=O) groups is 1. The number of hydrogen-bond donors (Lipinski definition) is 1. The van der Waals surface area contributed by atoms with Crippen LogP contribution in [0.3, 0.4) is 0 Å². The first-order valence-electron chi connectivity index (χ1n) is 9.65. The summed E-state index contributed by atoms with van der Waals surface area (Å²) in [4.78, 5) is 12.2. The number of ether oxygens (including phenoxy) is 1. The molecule has 1 aromatic rings. The van der Waals surface area contributed by atoms with E-state index >= 15 is 0 Å². The first-order chi connectivity index (χ1) is 12.3. The molecular formula is C21H27F2NO2. The van der Waals surface area contributed by atoms with Gasteiger partial charge in [-0.15, -0.1) is 0 Å². The van der Waals surface area contributed by atoms with E-state index in [0.29, 0.717) is 24.5 Å². The lowest BCUT2D eigenvalue weighted by Gasteiger charge is -2.53. The van der Waals surface area contributed by atoms with Gasteiger partial charge in [0.15, 0.2) is 11.6 Å². The van der Waals surface area contributed by atoms with Crippen LogP contribution >= 0.6 is 0 Å². The van der Waals surface area contributed by atoms with E-state index in [-0.39, 0.29) is 34.8 Å². The van der Waals surface area contributed by atoms with Crippen molar-refractivity contribution in [3.8, 4) is 0 Å². The summed E-state index contributed by atoms with van der Waals surface area (Å²) in [5.41, 5.74) is 0.725. The van der Waals surface area contributed by atoms with Gasteiger partial charge in [-0.25, -0.2) is 8.78 Å². The average molecular weight is 363 g/mol. The van der Waals surface area contributed by atoms with Gasteiger partial charge in [-0.05, 0) is 59.6 Å². The molecule has 1 unspecified atom stereocenters. The molecule has 3 nitrogen and oxygen atoms in total. The van der Waals surface area contributed by atoms with Crippen LogP contribution in [0.4, 0.5) is 8.78 Å². The Morgan fingerprint density at radius 3 is 2.77 bits per heavy atom. The molecule has 1 amide bonds. The Morgan fingerprint density at radius 1 is 1.31 bits per heavy atom. The second-order valence-corrected chi connectivity index (χ2v) is 8.87. The van der Waals surface area contributed by atoms with Crippen LogP contribution in [0.2, 0.25) is 0 Å². The molecule has 0 radical (unpaired) electrons. The molecule has 1 N–H and O–H groups in total. The summed E-state index contributed by atoms with van der Waals surface area (Å²) >= 11 is 0. The summed E-state index contributed by atoms with van der Waals surface area (Å²) in [5, 5.41) is 3.30. The number of carbonyl (C=O) groups excluding carboxylic acids is 1. The Hall–Kier alpha value is -1.49. The maximum atomic E-state index is 13.8. The maximum absolute atomic E-state index is 13.8. The van der Waals surface area contributed by atoms with E-state index in [0.717, 1.165) is 19.3 Å². The van der Waals surface area contributed by atoms with Crippen molar-refractivity contribution in [2.45, 2.75) is 58.6 Å². The topological polar surface area (TPSA) is 38.3 Å². The van der Waals surface area contributed by atoms with Crippen molar-refractivity contribution < 1.29 is 18.3 Å². The van der Waals surface area contributed by atoms with Gasteiger partial charge < -0.3 is 10.1 Å². The number of nitrogens with one attached hydrogen (secondary N) is 1. The first kappa shape index (κ1) is 17.9. The number of hydrogen-bond acceptors (Lipinski definition) is 2. The maximum Gasteiger partial charge on any atom is 0.219 e.